The Kier molecular flexibility index (Phi) is 2.35. The van der Waals surface area contributed by atoms with Crippen LogP contribution in [0.1, 0.15) is 5.56 Å². The summed E-state index contributed by atoms with van der Waals surface area (Å²) in [6.45, 7) is 0. The number of hydrogen-bond donors (Lipinski definition) is 1. The normalized spacial score (nSPS) is 8.82. The lowest BCUT2D eigenvalue weighted by atomic mass is 10.2. The molecule has 1 aromatic carbocycles. The first kappa shape index (κ1) is 7.90. The summed E-state index contributed by atoms with van der Waals surface area (Å²) < 4.78 is 0. The van der Waals surface area contributed by atoms with Gasteiger partial charge in [0, 0.05) is 17.8 Å². The van der Waals surface area contributed by atoms with Crippen LogP contribution in [-0.2, 0) is 0 Å². The van der Waals surface area contributed by atoms with Crippen LogP contribution in [0.3, 0.4) is 0 Å². The Morgan fingerprint density at radius 1 is 1.45 bits per heavy atom. The highest BCUT2D eigenvalue weighted by atomic mass is 35.5. The molecule has 0 unspecified atom stereocenters. The lowest BCUT2D eigenvalue weighted by Gasteiger charge is -1.99. The standard InChI is InChI=1S/C8H7ClN2/c1-11-8-3-6(5-10)2-7(9)4-8/h2-4,11H,1H3. The number of nitrogens with one attached hydrogen (secondary N) is 1. The summed E-state index contributed by atoms with van der Waals surface area (Å²) in [5.41, 5.74) is 1.43. The Balaban J connectivity index is 3.15. The van der Waals surface area contributed by atoms with Crippen LogP contribution in [0.4, 0.5) is 5.69 Å². The molecule has 0 aromatic heterocycles. The highest BCUT2D eigenvalue weighted by Gasteiger charge is 1.95. The summed E-state index contributed by atoms with van der Waals surface area (Å²) in [6.07, 6.45) is 0. The second-order valence-electron chi connectivity index (χ2n) is 2.09. The van der Waals surface area contributed by atoms with Crippen molar-refractivity contribution < 1.29 is 0 Å². The van der Waals surface area contributed by atoms with Gasteiger partial charge >= 0.3 is 0 Å². The molecule has 0 aliphatic carbocycles. The van der Waals surface area contributed by atoms with Crippen LogP contribution in [0, 0.1) is 11.3 Å². The van der Waals surface area contributed by atoms with Crippen molar-refractivity contribution >= 4 is 17.3 Å². The number of rotatable bonds is 1. The molecule has 1 rings (SSSR count). The molecule has 1 aromatic rings. The molecular weight excluding hydrogens is 160 g/mol. The third kappa shape index (κ3) is 1.86. The highest BCUT2D eigenvalue weighted by molar-refractivity contribution is 6.31. The summed E-state index contributed by atoms with van der Waals surface area (Å²) in [5.74, 6) is 0. The second-order valence-corrected chi connectivity index (χ2v) is 2.53. The lowest BCUT2D eigenvalue weighted by Crippen LogP contribution is -1.88. The van der Waals surface area contributed by atoms with E-state index in [-0.39, 0.29) is 0 Å². The first-order chi connectivity index (χ1) is 5.26. The first-order valence-electron chi connectivity index (χ1n) is 3.14. The number of benzene rings is 1. The molecule has 0 amide bonds. The maximum Gasteiger partial charge on any atom is 0.0992 e. The Morgan fingerprint density at radius 2 is 2.18 bits per heavy atom. The fourth-order valence-corrected chi connectivity index (χ4v) is 1.03. The van der Waals surface area contributed by atoms with E-state index in [1.807, 2.05) is 6.07 Å². The fraction of sp³-hybridized carbons (Fsp3) is 0.125. The van der Waals surface area contributed by atoms with Crippen molar-refractivity contribution in [1.29, 1.82) is 5.26 Å². The molecule has 0 spiro atoms. The Morgan fingerprint density at radius 3 is 2.73 bits per heavy atom. The van der Waals surface area contributed by atoms with Crippen molar-refractivity contribution in [3.8, 4) is 6.07 Å². The van der Waals surface area contributed by atoms with Crippen molar-refractivity contribution in [3.63, 3.8) is 0 Å². The third-order valence-corrected chi connectivity index (χ3v) is 1.53. The monoisotopic (exact) mass is 166 g/mol. The zero-order valence-electron chi connectivity index (χ0n) is 6.06. The number of anilines is 1. The van der Waals surface area contributed by atoms with E-state index in [1.54, 1.807) is 25.2 Å². The van der Waals surface area contributed by atoms with Crippen LogP contribution in [0.15, 0.2) is 18.2 Å². The van der Waals surface area contributed by atoms with Crippen LogP contribution in [0.2, 0.25) is 5.02 Å². The van der Waals surface area contributed by atoms with Crippen molar-refractivity contribution in [3.05, 3.63) is 28.8 Å². The second kappa shape index (κ2) is 3.27. The van der Waals surface area contributed by atoms with Crippen LogP contribution < -0.4 is 5.32 Å². The average molecular weight is 167 g/mol. The van der Waals surface area contributed by atoms with Crippen molar-refractivity contribution in [2.75, 3.05) is 12.4 Å². The van der Waals surface area contributed by atoms with E-state index < -0.39 is 0 Å². The summed E-state index contributed by atoms with van der Waals surface area (Å²) in [6, 6.07) is 7.15. The SMILES string of the molecule is CNc1cc(Cl)cc(C#N)c1. The van der Waals surface area contributed by atoms with Gasteiger partial charge in [0.2, 0.25) is 0 Å². The minimum absolute atomic E-state index is 0.571. The Labute approximate surface area is 70.4 Å². The fourth-order valence-electron chi connectivity index (χ4n) is 0.799. The molecule has 0 aliphatic rings. The molecule has 56 valence electrons. The summed E-state index contributed by atoms with van der Waals surface area (Å²) in [7, 11) is 1.78. The van der Waals surface area contributed by atoms with Gasteiger partial charge in [0.25, 0.3) is 0 Å². The number of nitriles is 1. The van der Waals surface area contributed by atoms with E-state index in [1.165, 1.54) is 0 Å². The van der Waals surface area contributed by atoms with E-state index in [0.717, 1.165) is 5.69 Å². The number of halogens is 1. The van der Waals surface area contributed by atoms with Crippen molar-refractivity contribution in [1.82, 2.24) is 0 Å². The minimum atomic E-state index is 0.571. The molecule has 0 fully saturated rings. The molecule has 11 heavy (non-hydrogen) atoms. The molecule has 0 atom stereocenters. The van der Waals surface area contributed by atoms with Crippen LogP contribution in [0.5, 0.6) is 0 Å². The smallest absolute Gasteiger partial charge is 0.0992 e. The zero-order chi connectivity index (χ0) is 8.27. The quantitative estimate of drug-likeness (QED) is 0.695. The predicted octanol–water partition coefficient (Wildman–Crippen LogP) is 2.25. The molecule has 0 saturated carbocycles. The van der Waals surface area contributed by atoms with Gasteiger partial charge in [0.15, 0.2) is 0 Å². The van der Waals surface area contributed by atoms with Gasteiger partial charge in [-0.05, 0) is 18.2 Å². The summed E-state index contributed by atoms with van der Waals surface area (Å²) >= 11 is 5.72. The number of nitrogens with zero attached hydrogens (tertiary/aromatic N) is 1. The summed E-state index contributed by atoms with van der Waals surface area (Å²) in [4.78, 5) is 0. The van der Waals surface area contributed by atoms with Crippen LogP contribution >= 0.6 is 11.6 Å². The topological polar surface area (TPSA) is 35.8 Å². The molecule has 0 saturated heterocycles. The van der Waals surface area contributed by atoms with E-state index in [4.69, 9.17) is 16.9 Å². The first-order valence-corrected chi connectivity index (χ1v) is 3.52. The molecule has 0 aliphatic heterocycles. The van der Waals surface area contributed by atoms with Gasteiger partial charge in [-0.15, -0.1) is 0 Å². The molecule has 2 nitrogen and oxygen atoms in total. The molecule has 1 N–H and O–H groups in total. The van der Waals surface area contributed by atoms with Gasteiger partial charge in [-0.1, -0.05) is 11.6 Å². The minimum Gasteiger partial charge on any atom is -0.388 e. The van der Waals surface area contributed by atoms with Crippen LogP contribution in [0.25, 0.3) is 0 Å². The number of hydrogen-bond acceptors (Lipinski definition) is 2. The Bertz CT molecular complexity index is 301. The third-order valence-electron chi connectivity index (χ3n) is 1.32. The maximum atomic E-state index is 8.55. The highest BCUT2D eigenvalue weighted by Crippen LogP contribution is 2.17. The Hall–Kier alpha value is -1.20. The average Bonchev–Trinajstić information content (AvgIpc) is 2.03. The van der Waals surface area contributed by atoms with Gasteiger partial charge in [-0.2, -0.15) is 5.26 Å². The molecule has 0 heterocycles. The zero-order valence-corrected chi connectivity index (χ0v) is 6.81. The van der Waals surface area contributed by atoms with E-state index in [9.17, 15) is 0 Å². The van der Waals surface area contributed by atoms with Gasteiger partial charge in [-0.3, -0.25) is 0 Å². The van der Waals surface area contributed by atoms with Gasteiger partial charge in [0.1, 0.15) is 0 Å². The van der Waals surface area contributed by atoms with Gasteiger partial charge < -0.3 is 5.32 Å². The van der Waals surface area contributed by atoms with E-state index in [2.05, 4.69) is 5.32 Å². The van der Waals surface area contributed by atoms with Crippen molar-refractivity contribution in [2.45, 2.75) is 0 Å². The van der Waals surface area contributed by atoms with E-state index in [0.29, 0.717) is 10.6 Å². The molecular formula is C8H7ClN2. The molecule has 0 bridgehead atoms. The lowest BCUT2D eigenvalue weighted by molar-refractivity contribution is 1.46. The van der Waals surface area contributed by atoms with Gasteiger partial charge in [-0.25, -0.2) is 0 Å². The van der Waals surface area contributed by atoms with Gasteiger partial charge in [0.05, 0.1) is 11.6 Å². The maximum absolute atomic E-state index is 8.55. The largest absolute Gasteiger partial charge is 0.388 e. The van der Waals surface area contributed by atoms with E-state index >= 15 is 0 Å². The molecule has 0 radical (unpaired) electrons. The predicted molar refractivity (Wildman–Crippen MR) is 45.7 cm³/mol. The van der Waals surface area contributed by atoms with Crippen molar-refractivity contribution in [2.24, 2.45) is 0 Å². The molecule has 3 heteroatoms. The summed E-state index contributed by atoms with van der Waals surface area (Å²) in [5, 5.41) is 12.0. The van der Waals surface area contributed by atoms with Crippen LogP contribution in [-0.4, -0.2) is 7.05 Å².